The summed E-state index contributed by atoms with van der Waals surface area (Å²) < 4.78 is 18.4. The first-order valence-corrected chi connectivity index (χ1v) is 7.10. The summed E-state index contributed by atoms with van der Waals surface area (Å²) in [6.07, 6.45) is 0. The molecule has 0 bridgehead atoms. The average Bonchev–Trinajstić information content (AvgIpc) is 2.42. The maximum Gasteiger partial charge on any atom is 0.251 e. The molecule has 1 aliphatic rings. The van der Waals surface area contributed by atoms with Crippen LogP contribution >= 0.6 is 12.6 Å². The van der Waals surface area contributed by atoms with Crippen molar-refractivity contribution in [3.8, 4) is 0 Å². The van der Waals surface area contributed by atoms with Crippen LogP contribution in [0.4, 0.5) is 4.39 Å². The SMILES string of the molecule is CC(CN1CCOCC1)NC(=O)c1ccc(F)c(S)c1. The Morgan fingerprint density at radius 3 is 2.85 bits per heavy atom. The van der Waals surface area contributed by atoms with E-state index < -0.39 is 5.82 Å². The molecule has 0 aliphatic carbocycles. The maximum atomic E-state index is 13.1. The number of benzene rings is 1. The third-order valence-corrected chi connectivity index (χ3v) is 3.56. The van der Waals surface area contributed by atoms with Crippen LogP contribution in [0.25, 0.3) is 0 Å². The number of thiol groups is 1. The van der Waals surface area contributed by atoms with Gasteiger partial charge in [-0.1, -0.05) is 0 Å². The van der Waals surface area contributed by atoms with Crippen molar-refractivity contribution in [2.24, 2.45) is 0 Å². The van der Waals surface area contributed by atoms with Crippen LogP contribution in [0.15, 0.2) is 23.1 Å². The molecule has 1 N–H and O–H groups in total. The molecule has 1 aliphatic heterocycles. The minimum atomic E-state index is -0.425. The molecule has 110 valence electrons. The summed E-state index contributed by atoms with van der Waals surface area (Å²) in [6.45, 7) is 5.99. The number of halogens is 1. The van der Waals surface area contributed by atoms with Crippen molar-refractivity contribution < 1.29 is 13.9 Å². The van der Waals surface area contributed by atoms with Crippen molar-refractivity contribution >= 4 is 18.5 Å². The molecule has 2 rings (SSSR count). The van der Waals surface area contributed by atoms with Crippen LogP contribution in [0, 0.1) is 5.82 Å². The molecule has 0 aromatic heterocycles. The Hall–Kier alpha value is -1.11. The fourth-order valence-electron chi connectivity index (χ4n) is 2.18. The van der Waals surface area contributed by atoms with Gasteiger partial charge >= 0.3 is 0 Å². The number of rotatable bonds is 4. The molecule has 1 atom stereocenters. The van der Waals surface area contributed by atoms with E-state index in [1.165, 1.54) is 18.2 Å². The summed E-state index contributed by atoms with van der Waals surface area (Å²) in [5, 5.41) is 2.91. The van der Waals surface area contributed by atoms with E-state index >= 15 is 0 Å². The van der Waals surface area contributed by atoms with E-state index in [0.29, 0.717) is 5.56 Å². The second kappa shape index (κ2) is 7.06. The Bertz CT molecular complexity index is 478. The van der Waals surface area contributed by atoms with Crippen molar-refractivity contribution in [2.45, 2.75) is 17.9 Å². The lowest BCUT2D eigenvalue weighted by Gasteiger charge is -2.29. The van der Waals surface area contributed by atoms with E-state index in [9.17, 15) is 9.18 Å². The van der Waals surface area contributed by atoms with Crippen molar-refractivity contribution in [2.75, 3.05) is 32.8 Å². The highest BCUT2D eigenvalue weighted by atomic mass is 32.1. The van der Waals surface area contributed by atoms with Gasteiger partial charge in [0.05, 0.1) is 13.2 Å². The molecular formula is C14H19FN2O2S. The summed E-state index contributed by atoms with van der Waals surface area (Å²) >= 11 is 3.98. The molecular weight excluding hydrogens is 279 g/mol. The standard InChI is InChI=1S/C14H19FN2O2S/c1-10(9-17-4-6-19-7-5-17)16-14(18)11-2-3-12(15)13(20)8-11/h2-3,8,10,20H,4-7,9H2,1H3,(H,16,18). The van der Waals surface area contributed by atoms with Crippen LogP contribution in [-0.4, -0.2) is 49.7 Å². The molecule has 1 fully saturated rings. The highest BCUT2D eigenvalue weighted by molar-refractivity contribution is 7.80. The molecule has 1 amide bonds. The van der Waals surface area contributed by atoms with Crippen molar-refractivity contribution in [3.05, 3.63) is 29.6 Å². The van der Waals surface area contributed by atoms with Gasteiger partial charge in [0.2, 0.25) is 0 Å². The minimum Gasteiger partial charge on any atom is -0.379 e. The maximum absolute atomic E-state index is 13.1. The molecule has 1 unspecified atom stereocenters. The largest absolute Gasteiger partial charge is 0.379 e. The van der Waals surface area contributed by atoms with Crippen molar-refractivity contribution in [1.82, 2.24) is 10.2 Å². The Kier molecular flexibility index (Phi) is 5.39. The molecule has 0 radical (unpaired) electrons. The Morgan fingerprint density at radius 2 is 2.20 bits per heavy atom. The summed E-state index contributed by atoms with van der Waals surface area (Å²) in [5.74, 6) is -0.632. The number of hydrogen-bond acceptors (Lipinski definition) is 4. The Balaban J connectivity index is 1.87. The van der Waals surface area contributed by atoms with Crippen molar-refractivity contribution in [3.63, 3.8) is 0 Å². The molecule has 1 heterocycles. The first-order chi connectivity index (χ1) is 9.56. The van der Waals surface area contributed by atoms with Gasteiger partial charge in [-0.15, -0.1) is 12.6 Å². The van der Waals surface area contributed by atoms with E-state index in [0.717, 1.165) is 32.8 Å². The first-order valence-electron chi connectivity index (χ1n) is 6.66. The number of amides is 1. The predicted molar refractivity (Wildman–Crippen MR) is 77.8 cm³/mol. The molecule has 20 heavy (non-hydrogen) atoms. The highest BCUT2D eigenvalue weighted by Gasteiger charge is 2.16. The van der Waals surface area contributed by atoms with Gasteiger partial charge in [-0.2, -0.15) is 0 Å². The lowest BCUT2D eigenvalue weighted by atomic mass is 10.2. The highest BCUT2D eigenvalue weighted by Crippen LogP contribution is 2.14. The van der Waals surface area contributed by atoms with Gasteiger partial charge in [-0.05, 0) is 25.1 Å². The zero-order valence-corrected chi connectivity index (χ0v) is 12.3. The fraction of sp³-hybridized carbons (Fsp3) is 0.500. The number of nitrogens with one attached hydrogen (secondary N) is 1. The Labute approximate surface area is 123 Å². The van der Waals surface area contributed by atoms with Crippen LogP contribution in [0.3, 0.4) is 0 Å². The lowest BCUT2D eigenvalue weighted by Crippen LogP contribution is -2.46. The Morgan fingerprint density at radius 1 is 1.50 bits per heavy atom. The number of carbonyl (C=O) groups excluding carboxylic acids is 1. The molecule has 0 spiro atoms. The third kappa shape index (κ3) is 4.19. The zero-order valence-electron chi connectivity index (χ0n) is 11.4. The number of ether oxygens (including phenoxy) is 1. The van der Waals surface area contributed by atoms with E-state index in [1.807, 2.05) is 6.92 Å². The van der Waals surface area contributed by atoms with Crippen LogP contribution in [0.5, 0.6) is 0 Å². The van der Waals surface area contributed by atoms with Gasteiger partial charge in [0.25, 0.3) is 5.91 Å². The lowest BCUT2D eigenvalue weighted by molar-refractivity contribution is 0.0342. The molecule has 6 heteroatoms. The molecule has 1 aromatic carbocycles. The van der Waals surface area contributed by atoms with E-state index in [2.05, 4.69) is 22.8 Å². The number of carbonyl (C=O) groups is 1. The summed E-state index contributed by atoms with van der Waals surface area (Å²) in [6, 6.07) is 4.18. The second-order valence-corrected chi connectivity index (χ2v) is 5.44. The smallest absolute Gasteiger partial charge is 0.251 e. The monoisotopic (exact) mass is 298 g/mol. The number of nitrogens with zero attached hydrogens (tertiary/aromatic N) is 1. The fourth-order valence-corrected chi connectivity index (χ4v) is 2.39. The van der Waals surface area contributed by atoms with Gasteiger partial charge in [0.15, 0.2) is 0 Å². The van der Waals surface area contributed by atoms with Crippen LogP contribution in [0.1, 0.15) is 17.3 Å². The predicted octanol–water partition coefficient (Wildman–Crippen LogP) is 1.56. The molecule has 1 saturated heterocycles. The van der Waals surface area contributed by atoms with E-state index in [-0.39, 0.29) is 16.8 Å². The van der Waals surface area contributed by atoms with E-state index in [4.69, 9.17) is 4.74 Å². The quantitative estimate of drug-likeness (QED) is 0.829. The molecule has 4 nitrogen and oxygen atoms in total. The number of hydrogen-bond donors (Lipinski definition) is 2. The molecule has 0 saturated carbocycles. The summed E-state index contributed by atoms with van der Waals surface area (Å²) in [4.78, 5) is 14.5. The first kappa shape index (κ1) is 15.3. The zero-order chi connectivity index (χ0) is 14.5. The summed E-state index contributed by atoms with van der Waals surface area (Å²) in [7, 11) is 0. The van der Waals surface area contributed by atoms with Crippen LogP contribution in [0.2, 0.25) is 0 Å². The van der Waals surface area contributed by atoms with Gasteiger partial charge in [-0.25, -0.2) is 4.39 Å². The normalized spacial score (nSPS) is 17.8. The van der Waals surface area contributed by atoms with Gasteiger partial charge < -0.3 is 10.1 Å². The van der Waals surface area contributed by atoms with E-state index in [1.54, 1.807) is 0 Å². The van der Waals surface area contributed by atoms with Crippen LogP contribution in [-0.2, 0) is 4.74 Å². The third-order valence-electron chi connectivity index (χ3n) is 3.22. The molecule has 1 aromatic rings. The average molecular weight is 298 g/mol. The topological polar surface area (TPSA) is 41.6 Å². The van der Waals surface area contributed by atoms with Gasteiger partial charge in [0.1, 0.15) is 5.82 Å². The number of morpholine rings is 1. The van der Waals surface area contributed by atoms with Crippen LogP contribution < -0.4 is 5.32 Å². The minimum absolute atomic E-state index is 0.0222. The van der Waals surface area contributed by atoms with Crippen molar-refractivity contribution in [1.29, 1.82) is 0 Å². The summed E-state index contributed by atoms with van der Waals surface area (Å²) in [5.41, 5.74) is 0.422. The van der Waals surface area contributed by atoms with Gasteiger partial charge in [-0.3, -0.25) is 9.69 Å². The van der Waals surface area contributed by atoms with Gasteiger partial charge in [0, 0.05) is 36.1 Å². The second-order valence-electron chi connectivity index (χ2n) is 4.95.